The van der Waals surface area contributed by atoms with Gasteiger partial charge in [-0.05, 0) is 12.5 Å². The van der Waals surface area contributed by atoms with Crippen LogP contribution in [0.3, 0.4) is 0 Å². The van der Waals surface area contributed by atoms with Crippen molar-refractivity contribution < 1.29 is 9.90 Å². The fourth-order valence-corrected chi connectivity index (χ4v) is 2.46. The molecule has 1 N–H and O–H groups in total. The van der Waals surface area contributed by atoms with Gasteiger partial charge < -0.3 is 14.9 Å². The van der Waals surface area contributed by atoms with Gasteiger partial charge in [-0.25, -0.2) is 9.78 Å². The Labute approximate surface area is 115 Å². The standard InChI is InChI=1S/C11H13Cl2N3O2/c12-8-6-9(13)10(14-7-8)15-2-1-3-16(5-4-15)11(17)18/h6-7H,1-5H2,(H,17,18). The third-order valence-electron chi connectivity index (χ3n) is 2.85. The zero-order valence-corrected chi connectivity index (χ0v) is 11.2. The first-order valence-corrected chi connectivity index (χ1v) is 6.37. The highest BCUT2D eigenvalue weighted by Crippen LogP contribution is 2.26. The fraction of sp³-hybridized carbons (Fsp3) is 0.455. The molecule has 0 saturated carbocycles. The van der Waals surface area contributed by atoms with Crippen molar-refractivity contribution in [1.82, 2.24) is 9.88 Å². The second kappa shape index (κ2) is 5.63. The van der Waals surface area contributed by atoms with Gasteiger partial charge in [0.15, 0.2) is 0 Å². The molecule has 0 aromatic carbocycles. The number of halogens is 2. The summed E-state index contributed by atoms with van der Waals surface area (Å²) in [6, 6.07) is 1.64. The molecule has 98 valence electrons. The molecular formula is C11H13Cl2N3O2. The van der Waals surface area contributed by atoms with Gasteiger partial charge in [0, 0.05) is 32.4 Å². The summed E-state index contributed by atoms with van der Waals surface area (Å²) < 4.78 is 0. The van der Waals surface area contributed by atoms with Crippen molar-refractivity contribution in [3.63, 3.8) is 0 Å². The van der Waals surface area contributed by atoms with E-state index < -0.39 is 6.09 Å². The molecule has 1 fully saturated rings. The molecule has 0 spiro atoms. The molecule has 2 rings (SSSR count). The van der Waals surface area contributed by atoms with E-state index in [-0.39, 0.29) is 0 Å². The van der Waals surface area contributed by atoms with Crippen LogP contribution in [0.5, 0.6) is 0 Å². The van der Waals surface area contributed by atoms with Gasteiger partial charge in [-0.15, -0.1) is 0 Å². The van der Waals surface area contributed by atoms with Gasteiger partial charge >= 0.3 is 6.09 Å². The maximum absolute atomic E-state index is 10.9. The number of anilines is 1. The predicted molar refractivity (Wildman–Crippen MR) is 70.7 cm³/mol. The highest BCUT2D eigenvalue weighted by Gasteiger charge is 2.20. The molecule has 18 heavy (non-hydrogen) atoms. The average molecular weight is 290 g/mol. The summed E-state index contributed by atoms with van der Waals surface area (Å²) in [5.41, 5.74) is 0. The van der Waals surface area contributed by atoms with Crippen LogP contribution >= 0.6 is 23.2 Å². The van der Waals surface area contributed by atoms with Gasteiger partial charge in [-0.3, -0.25) is 0 Å². The van der Waals surface area contributed by atoms with E-state index in [2.05, 4.69) is 4.98 Å². The summed E-state index contributed by atoms with van der Waals surface area (Å²) in [5.74, 6) is 0.660. The largest absolute Gasteiger partial charge is 0.465 e. The molecule has 1 saturated heterocycles. The van der Waals surface area contributed by atoms with E-state index in [0.29, 0.717) is 35.5 Å². The van der Waals surface area contributed by atoms with Crippen molar-refractivity contribution in [3.05, 3.63) is 22.3 Å². The maximum atomic E-state index is 10.9. The highest BCUT2D eigenvalue weighted by molar-refractivity contribution is 6.36. The van der Waals surface area contributed by atoms with Crippen LogP contribution in [0.1, 0.15) is 6.42 Å². The molecule has 1 aliphatic heterocycles. The third-order valence-corrected chi connectivity index (χ3v) is 3.34. The number of hydrogen-bond acceptors (Lipinski definition) is 3. The Morgan fingerprint density at radius 2 is 2.06 bits per heavy atom. The maximum Gasteiger partial charge on any atom is 0.407 e. The average Bonchev–Trinajstić information content (AvgIpc) is 2.54. The lowest BCUT2D eigenvalue weighted by Crippen LogP contribution is -2.34. The molecule has 0 radical (unpaired) electrons. The zero-order valence-electron chi connectivity index (χ0n) is 9.64. The SMILES string of the molecule is O=C(O)N1CCCN(c2ncc(Cl)cc2Cl)CC1. The molecule has 5 nitrogen and oxygen atoms in total. The van der Waals surface area contributed by atoms with Crippen LogP contribution in [0, 0.1) is 0 Å². The Kier molecular flexibility index (Phi) is 4.14. The lowest BCUT2D eigenvalue weighted by atomic mass is 10.3. The van der Waals surface area contributed by atoms with Gasteiger partial charge in [0.1, 0.15) is 5.82 Å². The van der Waals surface area contributed by atoms with Crippen molar-refractivity contribution in [2.24, 2.45) is 0 Å². The lowest BCUT2D eigenvalue weighted by Gasteiger charge is -2.22. The Hall–Kier alpha value is -1.20. The molecule has 0 atom stereocenters. The van der Waals surface area contributed by atoms with Gasteiger partial charge in [0.05, 0.1) is 10.0 Å². The molecule has 1 aromatic rings. The number of hydrogen-bond donors (Lipinski definition) is 1. The quantitative estimate of drug-likeness (QED) is 0.863. The van der Waals surface area contributed by atoms with Crippen molar-refractivity contribution in [2.75, 3.05) is 31.1 Å². The number of aromatic nitrogens is 1. The van der Waals surface area contributed by atoms with E-state index in [0.717, 1.165) is 13.0 Å². The minimum atomic E-state index is -0.882. The summed E-state index contributed by atoms with van der Waals surface area (Å²) in [4.78, 5) is 18.5. The van der Waals surface area contributed by atoms with Crippen LogP contribution in [0.15, 0.2) is 12.3 Å². The molecule has 2 heterocycles. The number of rotatable bonds is 1. The molecule has 1 aromatic heterocycles. The van der Waals surface area contributed by atoms with Crippen LogP contribution in [0.25, 0.3) is 0 Å². The Bertz CT molecular complexity index is 456. The first kappa shape index (κ1) is 13.2. The monoisotopic (exact) mass is 289 g/mol. The van der Waals surface area contributed by atoms with Crippen LogP contribution in [0.2, 0.25) is 10.0 Å². The topological polar surface area (TPSA) is 56.7 Å². The van der Waals surface area contributed by atoms with Gasteiger partial charge in [0.25, 0.3) is 0 Å². The van der Waals surface area contributed by atoms with Crippen LogP contribution in [-0.4, -0.2) is 47.3 Å². The zero-order chi connectivity index (χ0) is 13.1. The number of pyridine rings is 1. The second-order valence-corrected chi connectivity index (χ2v) is 4.91. The van der Waals surface area contributed by atoms with E-state index in [4.69, 9.17) is 28.3 Å². The summed E-state index contributed by atoms with van der Waals surface area (Å²) in [6.07, 6.45) is 1.42. The first-order chi connectivity index (χ1) is 8.58. The van der Waals surface area contributed by atoms with Crippen molar-refractivity contribution in [1.29, 1.82) is 0 Å². The number of carboxylic acid groups (broad SMARTS) is 1. The summed E-state index contributed by atoms with van der Waals surface area (Å²) in [5, 5.41) is 9.94. The predicted octanol–water partition coefficient (Wildman–Crippen LogP) is 2.58. The summed E-state index contributed by atoms with van der Waals surface area (Å²) >= 11 is 11.9. The number of nitrogens with zero attached hydrogens (tertiary/aromatic N) is 3. The van der Waals surface area contributed by atoms with E-state index in [1.807, 2.05) is 4.90 Å². The minimum absolute atomic E-state index is 0.454. The number of carbonyl (C=O) groups is 1. The van der Waals surface area contributed by atoms with Crippen molar-refractivity contribution >= 4 is 35.1 Å². The second-order valence-electron chi connectivity index (χ2n) is 4.07. The van der Waals surface area contributed by atoms with E-state index in [1.54, 1.807) is 12.3 Å². The van der Waals surface area contributed by atoms with E-state index in [9.17, 15) is 4.79 Å². The molecular weight excluding hydrogens is 277 g/mol. The Morgan fingerprint density at radius 1 is 1.28 bits per heavy atom. The van der Waals surface area contributed by atoms with Crippen LogP contribution in [0.4, 0.5) is 10.6 Å². The number of amides is 1. The van der Waals surface area contributed by atoms with Crippen LogP contribution in [-0.2, 0) is 0 Å². The van der Waals surface area contributed by atoms with Gasteiger partial charge in [0.2, 0.25) is 0 Å². The van der Waals surface area contributed by atoms with Gasteiger partial charge in [-0.1, -0.05) is 23.2 Å². The Morgan fingerprint density at radius 3 is 2.72 bits per heavy atom. The molecule has 0 unspecified atom stereocenters. The molecule has 1 amide bonds. The van der Waals surface area contributed by atoms with Gasteiger partial charge in [-0.2, -0.15) is 0 Å². The van der Waals surface area contributed by atoms with Crippen molar-refractivity contribution in [2.45, 2.75) is 6.42 Å². The first-order valence-electron chi connectivity index (χ1n) is 5.62. The fourth-order valence-electron chi connectivity index (χ4n) is 1.96. The minimum Gasteiger partial charge on any atom is -0.465 e. The third kappa shape index (κ3) is 2.97. The normalized spacial score (nSPS) is 16.6. The lowest BCUT2D eigenvalue weighted by molar-refractivity contribution is 0.148. The van der Waals surface area contributed by atoms with E-state index in [1.165, 1.54) is 4.90 Å². The van der Waals surface area contributed by atoms with Crippen LogP contribution < -0.4 is 4.90 Å². The molecule has 7 heteroatoms. The van der Waals surface area contributed by atoms with E-state index >= 15 is 0 Å². The summed E-state index contributed by atoms with van der Waals surface area (Å²) in [7, 11) is 0. The smallest absolute Gasteiger partial charge is 0.407 e. The molecule has 0 bridgehead atoms. The Balaban J connectivity index is 2.12. The molecule has 0 aliphatic carbocycles. The highest BCUT2D eigenvalue weighted by atomic mass is 35.5. The summed E-state index contributed by atoms with van der Waals surface area (Å²) in [6.45, 7) is 2.31. The van der Waals surface area contributed by atoms with Crippen molar-refractivity contribution in [3.8, 4) is 0 Å². The molecule has 1 aliphatic rings.